The second-order valence-corrected chi connectivity index (χ2v) is 4.90. The summed E-state index contributed by atoms with van der Waals surface area (Å²) in [6.45, 7) is 5.43. The van der Waals surface area contributed by atoms with Crippen LogP contribution >= 0.6 is 22.6 Å². The fourth-order valence-electron chi connectivity index (χ4n) is 1.75. The summed E-state index contributed by atoms with van der Waals surface area (Å²) in [6.07, 6.45) is 1.20. The molecule has 72 valence electrons. The van der Waals surface area contributed by atoms with Crippen LogP contribution in [0.1, 0.15) is 30.9 Å². The second-order valence-electron chi connectivity index (χ2n) is 3.82. The van der Waals surface area contributed by atoms with E-state index in [0.717, 1.165) is 27.7 Å². The lowest BCUT2D eigenvalue weighted by Gasteiger charge is -2.05. The number of aromatic amines is 1. The Kier molecular flexibility index (Phi) is 2.60. The Morgan fingerprint density at radius 1 is 1.54 bits per heavy atom. The summed E-state index contributed by atoms with van der Waals surface area (Å²) in [6, 6.07) is 0.442. The van der Waals surface area contributed by atoms with Gasteiger partial charge in [-0.15, -0.1) is 0 Å². The number of aromatic nitrogens is 2. The van der Waals surface area contributed by atoms with E-state index in [9.17, 15) is 0 Å². The summed E-state index contributed by atoms with van der Waals surface area (Å²) in [5, 5.41) is 3.47. The lowest BCUT2D eigenvalue weighted by Crippen LogP contribution is -2.14. The van der Waals surface area contributed by atoms with Crippen LogP contribution in [0, 0.1) is 16.5 Å². The number of nitrogens with zero attached hydrogens (tertiary/aromatic N) is 1. The van der Waals surface area contributed by atoms with Crippen molar-refractivity contribution < 1.29 is 0 Å². The van der Waals surface area contributed by atoms with Gasteiger partial charge in [0.1, 0.15) is 9.53 Å². The Balaban J connectivity index is 2.17. The van der Waals surface area contributed by atoms with Gasteiger partial charge in [-0.1, -0.05) is 6.92 Å². The average Bonchev–Trinajstić information content (AvgIpc) is 2.61. The van der Waals surface area contributed by atoms with Gasteiger partial charge in [0.15, 0.2) is 0 Å². The van der Waals surface area contributed by atoms with Gasteiger partial charge in [-0.2, -0.15) is 0 Å². The maximum atomic E-state index is 4.50. The molecule has 2 heterocycles. The molecular weight excluding hydrogens is 277 g/mol. The van der Waals surface area contributed by atoms with E-state index in [-0.39, 0.29) is 0 Å². The Morgan fingerprint density at radius 2 is 2.31 bits per heavy atom. The summed E-state index contributed by atoms with van der Waals surface area (Å²) < 4.78 is 1.16. The third-order valence-corrected chi connectivity index (χ3v) is 3.57. The second kappa shape index (κ2) is 3.57. The Bertz CT molecular complexity index is 288. The number of imidazole rings is 1. The smallest absolute Gasteiger partial charge is 0.124 e. The predicted molar refractivity (Wildman–Crippen MR) is 60.6 cm³/mol. The van der Waals surface area contributed by atoms with Gasteiger partial charge in [-0.3, -0.25) is 0 Å². The first-order valence-electron chi connectivity index (χ1n) is 4.62. The van der Waals surface area contributed by atoms with E-state index in [1.165, 1.54) is 6.42 Å². The monoisotopic (exact) mass is 291 g/mol. The summed E-state index contributed by atoms with van der Waals surface area (Å²) in [5.41, 5.74) is 1.11. The minimum absolute atomic E-state index is 0.442. The number of rotatable bonds is 1. The zero-order valence-electron chi connectivity index (χ0n) is 7.89. The van der Waals surface area contributed by atoms with Crippen LogP contribution in [0.25, 0.3) is 0 Å². The molecule has 0 radical (unpaired) electrons. The predicted octanol–water partition coefficient (Wildman–Crippen LogP) is 1.99. The highest BCUT2D eigenvalue weighted by Gasteiger charge is 2.24. The number of hydrogen-bond acceptors (Lipinski definition) is 2. The molecule has 13 heavy (non-hydrogen) atoms. The molecule has 4 heteroatoms. The molecule has 2 atom stereocenters. The highest BCUT2D eigenvalue weighted by Crippen LogP contribution is 2.25. The van der Waals surface area contributed by atoms with Gasteiger partial charge in [0.25, 0.3) is 0 Å². The lowest BCUT2D eigenvalue weighted by molar-refractivity contribution is 0.587. The first-order valence-corrected chi connectivity index (χ1v) is 5.70. The molecule has 1 aromatic heterocycles. The van der Waals surface area contributed by atoms with Crippen LogP contribution < -0.4 is 5.32 Å². The molecule has 1 aliphatic rings. The van der Waals surface area contributed by atoms with E-state index >= 15 is 0 Å². The maximum absolute atomic E-state index is 4.50. The Hall–Kier alpha value is -0.100. The van der Waals surface area contributed by atoms with Crippen LogP contribution in [-0.4, -0.2) is 16.5 Å². The third-order valence-electron chi connectivity index (χ3n) is 2.52. The van der Waals surface area contributed by atoms with Crippen LogP contribution in [0.2, 0.25) is 0 Å². The number of H-pyrrole nitrogens is 1. The molecule has 1 saturated heterocycles. The third kappa shape index (κ3) is 1.88. The van der Waals surface area contributed by atoms with Gasteiger partial charge in [-0.25, -0.2) is 4.98 Å². The molecule has 0 bridgehead atoms. The molecule has 0 amide bonds. The number of halogens is 1. The van der Waals surface area contributed by atoms with Gasteiger partial charge in [0.2, 0.25) is 0 Å². The molecule has 3 nitrogen and oxygen atoms in total. The van der Waals surface area contributed by atoms with Crippen molar-refractivity contribution >= 4 is 22.6 Å². The van der Waals surface area contributed by atoms with Crippen molar-refractivity contribution in [3.63, 3.8) is 0 Å². The quantitative estimate of drug-likeness (QED) is 0.777. The molecule has 0 spiro atoms. The molecule has 1 aliphatic heterocycles. The average molecular weight is 291 g/mol. The SMILES string of the molecule is Cc1nc([C@@H]2C[C@H](C)CN2)[nH]c1I. The van der Waals surface area contributed by atoms with Crippen molar-refractivity contribution in [3.05, 3.63) is 15.2 Å². The normalized spacial score (nSPS) is 28.2. The van der Waals surface area contributed by atoms with Gasteiger partial charge >= 0.3 is 0 Å². The molecular formula is C9H14IN3. The molecule has 0 unspecified atom stereocenters. The van der Waals surface area contributed by atoms with Crippen molar-refractivity contribution in [1.82, 2.24) is 15.3 Å². The molecule has 1 fully saturated rings. The first-order chi connectivity index (χ1) is 6.16. The van der Waals surface area contributed by atoms with Crippen molar-refractivity contribution in [2.45, 2.75) is 26.3 Å². The number of nitrogens with one attached hydrogen (secondary N) is 2. The molecule has 1 aromatic rings. The number of hydrogen-bond donors (Lipinski definition) is 2. The van der Waals surface area contributed by atoms with Crippen LogP contribution in [0.3, 0.4) is 0 Å². The molecule has 0 aliphatic carbocycles. The van der Waals surface area contributed by atoms with E-state index in [1.807, 2.05) is 6.92 Å². The van der Waals surface area contributed by atoms with Crippen LogP contribution in [-0.2, 0) is 0 Å². The summed E-state index contributed by atoms with van der Waals surface area (Å²) in [4.78, 5) is 7.82. The van der Waals surface area contributed by atoms with E-state index in [1.54, 1.807) is 0 Å². The van der Waals surface area contributed by atoms with Crippen molar-refractivity contribution in [2.75, 3.05) is 6.54 Å². The zero-order valence-corrected chi connectivity index (χ0v) is 10.1. The van der Waals surface area contributed by atoms with E-state index in [2.05, 4.69) is 44.8 Å². The van der Waals surface area contributed by atoms with Crippen LogP contribution in [0.15, 0.2) is 0 Å². The standard InChI is InChI=1S/C9H14IN3/c1-5-3-7(11-4-5)9-12-6(2)8(10)13-9/h5,7,11H,3-4H2,1-2H3,(H,12,13)/t5-,7-/m0/s1. The lowest BCUT2D eigenvalue weighted by atomic mass is 10.1. The molecule has 2 rings (SSSR count). The van der Waals surface area contributed by atoms with E-state index in [4.69, 9.17) is 0 Å². The van der Waals surface area contributed by atoms with Gasteiger partial charge in [0.05, 0.1) is 11.7 Å². The summed E-state index contributed by atoms with van der Waals surface area (Å²) in [7, 11) is 0. The maximum Gasteiger partial charge on any atom is 0.124 e. The van der Waals surface area contributed by atoms with Crippen LogP contribution in [0.4, 0.5) is 0 Å². The Morgan fingerprint density at radius 3 is 2.77 bits per heavy atom. The fraction of sp³-hybridized carbons (Fsp3) is 0.667. The number of aryl methyl sites for hydroxylation is 1. The minimum Gasteiger partial charge on any atom is -0.336 e. The summed E-state index contributed by atoms with van der Waals surface area (Å²) >= 11 is 2.29. The molecule has 2 N–H and O–H groups in total. The van der Waals surface area contributed by atoms with Crippen LogP contribution in [0.5, 0.6) is 0 Å². The first kappa shape index (κ1) is 9.45. The van der Waals surface area contributed by atoms with Gasteiger partial charge in [-0.05, 0) is 48.4 Å². The highest BCUT2D eigenvalue weighted by atomic mass is 127. The molecule has 0 aromatic carbocycles. The largest absolute Gasteiger partial charge is 0.336 e. The van der Waals surface area contributed by atoms with E-state index < -0.39 is 0 Å². The van der Waals surface area contributed by atoms with E-state index in [0.29, 0.717) is 6.04 Å². The molecule has 0 saturated carbocycles. The topological polar surface area (TPSA) is 40.7 Å². The minimum atomic E-state index is 0.442. The van der Waals surface area contributed by atoms with Gasteiger partial charge < -0.3 is 10.3 Å². The summed E-state index contributed by atoms with van der Waals surface area (Å²) in [5.74, 6) is 1.87. The zero-order chi connectivity index (χ0) is 9.42. The Labute approximate surface area is 91.9 Å². The van der Waals surface area contributed by atoms with Gasteiger partial charge in [0, 0.05) is 0 Å². The highest BCUT2D eigenvalue weighted by molar-refractivity contribution is 14.1. The van der Waals surface area contributed by atoms with Crippen molar-refractivity contribution in [2.24, 2.45) is 5.92 Å². The van der Waals surface area contributed by atoms with Crippen molar-refractivity contribution in [3.8, 4) is 0 Å². The fourth-order valence-corrected chi connectivity index (χ4v) is 2.14. The van der Waals surface area contributed by atoms with Crippen molar-refractivity contribution in [1.29, 1.82) is 0 Å².